The van der Waals surface area contributed by atoms with E-state index in [9.17, 15) is 4.79 Å². The summed E-state index contributed by atoms with van der Waals surface area (Å²) >= 11 is 0. The Hall–Kier alpha value is -0.650. The first-order valence-corrected chi connectivity index (χ1v) is 5.06. The van der Waals surface area contributed by atoms with Crippen molar-refractivity contribution in [3.8, 4) is 0 Å². The Morgan fingerprint density at radius 2 is 2.00 bits per heavy atom. The molecule has 5 heteroatoms. The summed E-state index contributed by atoms with van der Waals surface area (Å²) in [4.78, 5) is 13.6. The number of hydrogen-bond donors (Lipinski definition) is 2. The molecule has 14 heavy (non-hydrogen) atoms. The lowest BCUT2D eigenvalue weighted by atomic mass is 10.2. The van der Waals surface area contributed by atoms with Crippen LogP contribution in [0.25, 0.3) is 0 Å². The second kappa shape index (κ2) is 5.29. The molecule has 3 N–H and O–H groups in total. The van der Waals surface area contributed by atoms with Crippen LogP contribution in [0.15, 0.2) is 0 Å². The molecule has 1 saturated heterocycles. The van der Waals surface area contributed by atoms with Crippen molar-refractivity contribution in [1.82, 2.24) is 15.3 Å². The summed E-state index contributed by atoms with van der Waals surface area (Å²) < 4.78 is 0. The predicted molar refractivity (Wildman–Crippen MR) is 55.5 cm³/mol. The Labute approximate surface area is 85.2 Å². The fourth-order valence-electron chi connectivity index (χ4n) is 1.43. The number of carbonyl (C=O) groups excluding carboxylic acids is 1. The van der Waals surface area contributed by atoms with Crippen molar-refractivity contribution in [3.05, 3.63) is 0 Å². The van der Waals surface area contributed by atoms with Crippen LogP contribution in [-0.2, 0) is 4.79 Å². The van der Waals surface area contributed by atoms with E-state index in [0.29, 0.717) is 6.42 Å². The lowest BCUT2D eigenvalue weighted by molar-refractivity contribution is -0.126. The van der Waals surface area contributed by atoms with Crippen LogP contribution in [0.5, 0.6) is 0 Å². The zero-order valence-corrected chi connectivity index (χ0v) is 8.99. The van der Waals surface area contributed by atoms with Crippen LogP contribution >= 0.6 is 0 Å². The number of nitrogens with zero attached hydrogens (tertiary/aromatic N) is 2. The molecule has 1 fully saturated rings. The quantitative estimate of drug-likeness (QED) is 0.613. The fraction of sp³-hybridized carbons (Fsp3) is 0.889. The molecule has 1 amide bonds. The van der Waals surface area contributed by atoms with Crippen LogP contribution in [0.1, 0.15) is 13.3 Å². The zero-order valence-electron chi connectivity index (χ0n) is 8.99. The highest BCUT2D eigenvalue weighted by atomic mass is 16.2. The SMILES string of the molecule is CC(N)CC(=O)NN1CCN(C)CC1. The van der Waals surface area contributed by atoms with Gasteiger partial charge in [-0.15, -0.1) is 0 Å². The molecule has 5 nitrogen and oxygen atoms in total. The molecule has 0 aromatic rings. The summed E-state index contributed by atoms with van der Waals surface area (Å²) in [5.74, 6) is 0.0181. The summed E-state index contributed by atoms with van der Waals surface area (Å²) in [5, 5.41) is 1.96. The Kier molecular flexibility index (Phi) is 4.31. The van der Waals surface area contributed by atoms with E-state index in [4.69, 9.17) is 5.73 Å². The Morgan fingerprint density at radius 1 is 1.43 bits per heavy atom. The molecule has 1 rings (SSSR count). The van der Waals surface area contributed by atoms with E-state index < -0.39 is 0 Å². The number of hydrazine groups is 1. The van der Waals surface area contributed by atoms with Gasteiger partial charge in [0.1, 0.15) is 0 Å². The summed E-state index contributed by atoms with van der Waals surface area (Å²) in [6, 6.07) is -0.0672. The van der Waals surface area contributed by atoms with Gasteiger partial charge in [0.2, 0.25) is 5.91 Å². The summed E-state index contributed by atoms with van der Waals surface area (Å²) in [6.45, 7) is 5.61. The van der Waals surface area contributed by atoms with E-state index in [1.807, 2.05) is 11.9 Å². The van der Waals surface area contributed by atoms with Gasteiger partial charge in [-0.2, -0.15) is 0 Å². The number of hydrogen-bond acceptors (Lipinski definition) is 4. The summed E-state index contributed by atoms with van der Waals surface area (Å²) in [6.07, 6.45) is 0.395. The van der Waals surface area contributed by atoms with E-state index in [0.717, 1.165) is 26.2 Å². The van der Waals surface area contributed by atoms with E-state index in [2.05, 4.69) is 17.4 Å². The minimum atomic E-state index is -0.0672. The van der Waals surface area contributed by atoms with Gasteiger partial charge >= 0.3 is 0 Å². The van der Waals surface area contributed by atoms with Gasteiger partial charge in [-0.3, -0.25) is 10.2 Å². The van der Waals surface area contributed by atoms with Crippen molar-refractivity contribution in [1.29, 1.82) is 0 Å². The monoisotopic (exact) mass is 200 g/mol. The van der Waals surface area contributed by atoms with Gasteiger partial charge in [0.15, 0.2) is 0 Å². The molecule has 1 aliphatic heterocycles. The molecule has 0 radical (unpaired) electrons. The molecular weight excluding hydrogens is 180 g/mol. The van der Waals surface area contributed by atoms with Crippen molar-refractivity contribution in [2.45, 2.75) is 19.4 Å². The summed E-state index contributed by atoms with van der Waals surface area (Å²) in [5.41, 5.74) is 8.39. The van der Waals surface area contributed by atoms with Gasteiger partial charge in [-0.25, -0.2) is 5.01 Å². The van der Waals surface area contributed by atoms with Crippen molar-refractivity contribution in [2.75, 3.05) is 33.2 Å². The average molecular weight is 200 g/mol. The van der Waals surface area contributed by atoms with Crippen molar-refractivity contribution in [2.24, 2.45) is 5.73 Å². The third-order valence-electron chi connectivity index (χ3n) is 2.29. The molecule has 0 bridgehead atoms. The average Bonchev–Trinajstić information content (AvgIpc) is 2.07. The first-order chi connectivity index (χ1) is 6.58. The number of nitrogens with one attached hydrogen (secondary N) is 1. The van der Waals surface area contributed by atoms with Crippen molar-refractivity contribution >= 4 is 5.91 Å². The maximum absolute atomic E-state index is 11.4. The second-order valence-electron chi connectivity index (χ2n) is 4.01. The number of carbonyl (C=O) groups is 1. The second-order valence-corrected chi connectivity index (χ2v) is 4.01. The molecule has 1 aliphatic rings. The minimum Gasteiger partial charge on any atom is -0.327 e. The van der Waals surface area contributed by atoms with Gasteiger partial charge < -0.3 is 10.6 Å². The third-order valence-corrected chi connectivity index (χ3v) is 2.29. The Bertz CT molecular complexity index is 187. The Balaban J connectivity index is 2.20. The predicted octanol–water partition coefficient (Wildman–Crippen LogP) is -0.998. The van der Waals surface area contributed by atoms with Gasteiger partial charge in [-0.05, 0) is 14.0 Å². The van der Waals surface area contributed by atoms with Crippen molar-refractivity contribution in [3.63, 3.8) is 0 Å². The third kappa shape index (κ3) is 4.04. The van der Waals surface area contributed by atoms with Crippen LogP contribution in [0, 0.1) is 0 Å². The maximum atomic E-state index is 11.4. The highest BCUT2D eigenvalue weighted by Gasteiger charge is 2.15. The van der Waals surface area contributed by atoms with E-state index in [-0.39, 0.29) is 11.9 Å². The molecule has 0 spiro atoms. The van der Waals surface area contributed by atoms with Crippen molar-refractivity contribution < 1.29 is 4.79 Å². The normalized spacial score (nSPS) is 21.9. The van der Waals surface area contributed by atoms with Gasteiger partial charge in [0.25, 0.3) is 0 Å². The number of likely N-dealkylation sites (N-methyl/N-ethyl adjacent to an activating group) is 1. The molecule has 0 aromatic carbocycles. The van der Waals surface area contributed by atoms with Crippen LogP contribution in [-0.4, -0.2) is 55.1 Å². The number of piperazine rings is 1. The minimum absolute atomic E-state index is 0.0181. The van der Waals surface area contributed by atoms with Gasteiger partial charge in [0.05, 0.1) is 0 Å². The number of rotatable bonds is 3. The largest absolute Gasteiger partial charge is 0.327 e. The smallest absolute Gasteiger partial charge is 0.235 e. The molecular formula is C9H20N4O. The zero-order chi connectivity index (χ0) is 10.6. The molecule has 1 heterocycles. The van der Waals surface area contributed by atoms with Gasteiger partial charge in [-0.1, -0.05) is 0 Å². The van der Waals surface area contributed by atoms with E-state index >= 15 is 0 Å². The van der Waals surface area contributed by atoms with E-state index in [1.165, 1.54) is 0 Å². The molecule has 1 unspecified atom stereocenters. The van der Waals surface area contributed by atoms with Crippen LogP contribution in [0.2, 0.25) is 0 Å². The molecule has 0 saturated carbocycles. The van der Waals surface area contributed by atoms with E-state index in [1.54, 1.807) is 0 Å². The number of amides is 1. The lowest BCUT2D eigenvalue weighted by Gasteiger charge is -2.32. The van der Waals surface area contributed by atoms with Crippen LogP contribution < -0.4 is 11.2 Å². The molecule has 1 atom stereocenters. The standard InChI is InChI=1S/C9H20N4O/c1-8(10)7-9(14)11-13-5-3-12(2)4-6-13/h8H,3-7,10H2,1-2H3,(H,11,14). The molecule has 0 aromatic heterocycles. The maximum Gasteiger partial charge on any atom is 0.235 e. The highest BCUT2D eigenvalue weighted by molar-refractivity contribution is 5.75. The van der Waals surface area contributed by atoms with Gasteiger partial charge in [0, 0.05) is 38.6 Å². The van der Waals surface area contributed by atoms with Crippen LogP contribution in [0.4, 0.5) is 0 Å². The Morgan fingerprint density at radius 3 is 2.50 bits per heavy atom. The first-order valence-electron chi connectivity index (χ1n) is 5.06. The first kappa shape index (κ1) is 11.4. The molecule has 82 valence electrons. The topological polar surface area (TPSA) is 61.6 Å². The number of nitrogens with two attached hydrogens (primary N) is 1. The lowest BCUT2D eigenvalue weighted by Crippen LogP contribution is -2.53. The fourth-order valence-corrected chi connectivity index (χ4v) is 1.43. The summed E-state index contributed by atoms with van der Waals surface area (Å²) in [7, 11) is 2.08. The highest BCUT2D eigenvalue weighted by Crippen LogP contribution is 1.96. The molecule has 0 aliphatic carbocycles. The van der Waals surface area contributed by atoms with Crippen LogP contribution in [0.3, 0.4) is 0 Å².